The maximum atomic E-state index is 5.10. The Bertz CT molecular complexity index is 1690. The minimum atomic E-state index is 0.769. The van der Waals surface area contributed by atoms with Gasteiger partial charge in [0.1, 0.15) is 0 Å². The van der Waals surface area contributed by atoms with Crippen LogP contribution in [0, 0.1) is 0 Å². The minimum absolute atomic E-state index is 0.769. The molecule has 0 fully saturated rings. The molecule has 0 aromatic heterocycles. The minimum Gasteiger partial charge on any atom is -0.226 e. The first-order chi connectivity index (χ1) is 16.4. The molecule has 153 valence electrons. The van der Waals surface area contributed by atoms with E-state index in [-0.39, 0.29) is 0 Å². The van der Waals surface area contributed by atoms with Crippen molar-refractivity contribution in [2.24, 2.45) is 4.99 Å². The Balaban J connectivity index is 1.46. The van der Waals surface area contributed by atoms with Crippen LogP contribution in [-0.4, -0.2) is 5.84 Å². The predicted octanol–water partition coefficient (Wildman–Crippen LogP) is 7.47. The van der Waals surface area contributed by atoms with Crippen molar-refractivity contribution in [1.82, 2.24) is 5.32 Å². The Morgan fingerprint density at radius 3 is 1.70 bits per heavy atom. The predicted molar refractivity (Wildman–Crippen MR) is 139 cm³/mol. The van der Waals surface area contributed by atoms with E-state index in [1.165, 1.54) is 32.3 Å². The van der Waals surface area contributed by atoms with Crippen LogP contribution in [0.4, 0.5) is 0 Å². The standard InChI is InChI=1S/C31H19N2/c1-3-8-23(9-4-1)29-30(24-10-5-2-6-11-24)33-31(32-29)26-19-17-22-15-14-20-12-7-13-21-16-18-25(26)28(22)27(20)21/h1-19H. The second-order valence-electron chi connectivity index (χ2n) is 8.45. The molecule has 33 heavy (non-hydrogen) atoms. The van der Waals surface area contributed by atoms with Gasteiger partial charge in [-0.2, -0.15) is 0 Å². The van der Waals surface area contributed by atoms with Crippen molar-refractivity contribution < 1.29 is 0 Å². The molecule has 7 rings (SSSR count). The van der Waals surface area contributed by atoms with Gasteiger partial charge < -0.3 is 0 Å². The molecule has 6 aromatic carbocycles. The van der Waals surface area contributed by atoms with E-state index in [4.69, 9.17) is 10.3 Å². The van der Waals surface area contributed by atoms with Gasteiger partial charge in [-0.25, -0.2) is 10.3 Å². The topological polar surface area (TPSA) is 26.5 Å². The van der Waals surface area contributed by atoms with Gasteiger partial charge >= 0.3 is 0 Å². The Hall–Kier alpha value is -4.43. The molecule has 1 heterocycles. The van der Waals surface area contributed by atoms with Gasteiger partial charge in [0.05, 0.1) is 11.4 Å². The van der Waals surface area contributed by atoms with Crippen molar-refractivity contribution >= 4 is 49.5 Å². The molecule has 1 radical (unpaired) electrons. The van der Waals surface area contributed by atoms with Crippen molar-refractivity contribution in [3.8, 4) is 0 Å². The van der Waals surface area contributed by atoms with E-state index in [0.29, 0.717) is 0 Å². The lowest BCUT2D eigenvalue weighted by Crippen LogP contribution is -2.12. The molecular weight excluding hydrogens is 400 g/mol. The van der Waals surface area contributed by atoms with Gasteiger partial charge in [0.2, 0.25) is 0 Å². The summed E-state index contributed by atoms with van der Waals surface area (Å²) < 4.78 is 0. The average molecular weight is 420 g/mol. The Labute approximate surface area is 191 Å². The number of benzene rings is 6. The summed E-state index contributed by atoms with van der Waals surface area (Å²) in [6.07, 6.45) is 0. The summed E-state index contributed by atoms with van der Waals surface area (Å²) in [6, 6.07) is 40.4. The van der Waals surface area contributed by atoms with E-state index in [1.807, 2.05) is 12.1 Å². The fourth-order valence-electron chi connectivity index (χ4n) is 4.99. The summed E-state index contributed by atoms with van der Waals surface area (Å²) >= 11 is 0. The fraction of sp³-hybridized carbons (Fsp3) is 0. The van der Waals surface area contributed by atoms with Crippen LogP contribution in [0.5, 0.6) is 0 Å². The lowest BCUT2D eigenvalue weighted by molar-refractivity contribution is 1.30. The molecule has 2 heteroatoms. The van der Waals surface area contributed by atoms with Crippen LogP contribution in [0.25, 0.3) is 43.7 Å². The van der Waals surface area contributed by atoms with Crippen LogP contribution in [-0.2, 0) is 0 Å². The molecule has 0 aliphatic carbocycles. The molecule has 0 saturated carbocycles. The second kappa shape index (κ2) is 7.04. The quantitative estimate of drug-likeness (QED) is 0.266. The molecule has 0 bridgehead atoms. The Morgan fingerprint density at radius 1 is 0.424 bits per heavy atom. The number of rotatable bonds is 3. The summed E-state index contributed by atoms with van der Waals surface area (Å²) in [5, 5.41) is 12.7. The molecule has 0 saturated heterocycles. The van der Waals surface area contributed by atoms with Gasteiger partial charge in [0.25, 0.3) is 0 Å². The summed E-state index contributed by atoms with van der Waals surface area (Å²) in [7, 11) is 0. The van der Waals surface area contributed by atoms with Crippen LogP contribution >= 0.6 is 0 Å². The average Bonchev–Trinajstić information content (AvgIpc) is 3.34. The van der Waals surface area contributed by atoms with Crippen LogP contribution in [0.2, 0.25) is 0 Å². The van der Waals surface area contributed by atoms with Gasteiger partial charge in [-0.05, 0) is 38.4 Å². The Morgan fingerprint density at radius 2 is 1.00 bits per heavy atom. The van der Waals surface area contributed by atoms with E-state index < -0.39 is 0 Å². The highest BCUT2D eigenvalue weighted by molar-refractivity contribution is 6.28. The van der Waals surface area contributed by atoms with Crippen molar-refractivity contribution in [2.45, 2.75) is 0 Å². The first kappa shape index (κ1) is 18.2. The molecular formula is C31H19N2. The van der Waals surface area contributed by atoms with Crippen molar-refractivity contribution in [3.05, 3.63) is 132 Å². The summed E-state index contributed by atoms with van der Waals surface area (Å²) in [5.74, 6) is 0.769. The molecule has 0 atom stereocenters. The van der Waals surface area contributed by atoms with E-state index >= 15 is 0 Å². The molecule has 1 aliphatic rings. The van der Waals surface area contributed by atoms with Crippen molar-refractivity contribution in [3.63, 3.8) is 0 Å². The third-order valence-electron chi connectivity index (χ3n) is 6.52. The van der Waals surface area contributed by atoms with Crippen LogP contribution in [0.1, 0.15) is 16.7 Å². The zero-order valence-electron chi connectivity index (χ0n) is 17.9. The number of aliphatic imine (C=N–C) groups is 1. The van der Waals surface area contributed by atoms with E-state index in [9.17, 15) is 0 Å². The van der Waals surface area contributed by atoms with Gasteiger partial charge in [-0.1, -0.05) is 109 Å². The first-order valence-corrected chi connectivity index (χ1v) is 11.2. The van der Waals surface area contributed by atoms with Gasteiger partial charge in [-0.3, -0.25) is 0 Å². The second-order valence-corrected chi connectivity index (χ2v) is 8.45. The third-order valence-corrected chi connectivity index (χ3v) is 6.52. The molecule has 0 N–H and O–H groups in total. The highest BCUT2D eigenvalue weighted by Gasteiger charge is 2.25. The molecule has 6 aromatic rings. The summed E-state index contributed by atoms with van der Waals surface area (Å²) in [5.41, 5.74) is 5.06. The lowest BCUT2D eigenvalue weighted by Gasteiger charge is -2.14. The monoisotopic (exact) mass is 419 g/mol. The highest BCUT2D eigenvalue weighted by Crippen LogP contribution is 2.38. The first-order valence-electron chi connectivity index (χ1n) is 11.2. The molecule has 0 unspecified atom stereocenters. The largest absolute Gasteiger partial charge is 0.226 e. The number of nitrogens with zero attached hydrogens (tertiary/aromatic N) is 2. The molecule has 0 amide bonds. The SMILES string of the molecule is c1ccc(C2=C(c3ccccc3)N=C(c3ccc4ccc5cccc6ccc3c4c56)[N]2)cc1. The highest BCUT2D eigenvalue weighted by atomic mass is 15.1. The van der Waals surface area contributed by atoms with Crippen LogP contribution in [0.15, 0.2) is 120 Å². The van der Waals surface area contributed by atoms with E-state index in [0.717, 1.165) is 33.9 Å². The summed E-state index contributed by atoms with van der Waals surface area (Å²) in [6.45, 7) is 0. The van der Waals surface area contributed by atoms with Crippen molar-refractivity contribution in [1.29, 1.82) is 0 Å². The molecule has 1 aliphatic heterocycles. The van der Waals surface area contributed by atoms with E-state index in [1.54, 1.807) is 0 Å². The number of amidine groups is 1. The smallest absolute Gasteiger partial charge is 0.161 e. The zero-order valence-corrected chi connectivity index (χ0v) is 17.9. The normalized spacial score (nSPS) is 13.8. The maximum Gasteiger partial charge on any atom is 0.161 e. The zero-order chi connectivity index (χ0) is 21.8. The van der Waals surface area contributed by atoms with Crippen LogP contribution in [0.3, 0.4) is 0 Å². The molecule has 0 spiro atoms. The number of hydrogen-bond donors (Lipinski definition) is 0. The number of hydrogen-bond acceptors (Lipinski definition) is 1. The third kappa shape index (κ3) is 2.78. The lowest BCUT2D eigenvalue weighted by atomic mass is 9.91. The maximum absolute atomic E-state index is 5.10. The van der Waals surface area contributed by atoms with Gasteiger partial charge in [0.15, 0.2) is 5.84 Å². The van der Waals surface area contributed by atoms with Crippen LogP contribution < -0.4 is 5.32 Å². The Kier molecular flexibility index (Phi) is 3.88. The van der Waals surface area contributed by atoms with Gasteiger partial charge in [0, 0.05) is 16.7 Å². The van der Waals surface area contributed by atoms with Gasteiger partial charge in [-0.15, -0.1) is 0 Å². The summed E-state index contributed by atoms with van der Waals surface area (Å²) in [4.78, 5) is 5.10. The van der Waals surface area contributed by atoms with E-state index in [2.05, 4.69) is 103 Å². The molecule has 2 nitrogen and oxygen atoms in total. The fourth-order valence-corrected chi connectivity index (χ4v) is 4.99. The van der Waals surface area contributed by atoms with Crippen molar-refractivity contribution in [2.75, 3.05) is 0 Å².